The number of hydrogen-bond donors (Lipinski definition) is 1. The Labute approximate surface area is 73.3 Å². The molecule has 11 heavy (non-hydrogen) atoms. The molecule has 1 heteroatoms. The Balaban J connectivity index is -0.000000126. The summed E-state index contributed by atoms with van der Waals surface area (Å²) in [5.74, 6) is 0. The van der Waals surface area contributed by atoms with Gasteiger partial charge in [-0.2, -0.15) is 0 Å². The van der Waals surface area contributed by atoms with Gasteiger partial charge in [0, 0.05) is 6.61 Å². The van der Waals surface area contributed by atoms with Gasteiger partial charge < -0.3 is 5.11 Å². The molecule has 0 amide bonds. The van der Waals surface area contributed by atoms with Gasteiger partial charge in [0.05, 0.1) is 0 Å². The van der Waals surface area contributed by atoms with Crippen molar-refractivity contribution in [1.29, 1.82) is 0 Å². The second-order valence-electron chi connectivity index (χ2n) is 2.78. The van der Waals surface area contributed by atoms with Crippen molar-refractivity contribution in [3.63, 3.8) is 0 Å². The van der Waals surface area contributed by atoms with Crippen LogP contribution in [0.25, 0.3) is 0 Å². The van der Waals surface area contributed by atoms with Gasteiger partial charge in [-0.25, -0.2) is 0 Å². The summed E-state index contributed by atoms with van der Waals surface area (Å²) in [6.45, 7) is 6.90. The molecule has 0 aromatic heterocycles. The number of unbranched alkanes of at least 4 members (excludes halogenated alkanes) is 4. The summed E-state index contributed by atoms with van der Waals surface area (Å²) in [5.41, 5.74) is 0. The van der Waals surface area contributed by atoms with Crippen LogP contribution in [0.2, 0.25) is 0 Å². The van der Waals surface area contributed by atoms with E-state index in [1.807, 2.05) is 0 Å². The van der Waals surface area contributed by atoms with Crippen molar-refractivity contribution in [2.45, 2.75) is 59.3 Å². The van der Waals surface area contributed by atoms with Gasteiger partial charge in [0.25, 0.3) is 0 Å². The van der Waals surface area contributed by atoms with E-state index in [1.165, 1.54) is 25.7 Å². The summed E-state index contributed by atoms with van der Waals surface area (Å²) in [7, 11) is 0. The van der Waals surface area contributed by atoms with Crippen LogP contribution in [0.4, 0.5) is 0 Å². The Morgan fingerprint density at radius 2 is 1.27 bits per heavy atom. The monoisotopic (exact) mass is 161 g/mol. The minimum Gasteiger partial charge on any atom is -0.396 e. The molecule has 0 spiro atoms. The Hall–Kier alpha value is -0.0400. The molecule has 0 aliphatic carbocycles. The van der Waals surface area contributed by atoms with Crippen LogP contribution >= 0.6 is 0 Å². The van der Waals surface area contributed by atoms with E-state index < -0.39 is 0 Å². The summed E-state index contributed by atoms with van der Waals surface area (Å²) in [6, 6.07) is 0. The van der Waals surface area contributed by atoms with E-state index in [4.69, 9.17) is 5.11 Å². The molecule has 0 radical (unpaired) electrons. The molecule has 0 atom stereocenters. The lowest BCUT2D eigenvalue weighted by molar-refractivity contribution is 0.284. The summed E-state index contributed by atoms with van der Waals surface area (Å²) in [6.07, 6.45) is 7.40. The molecule has 0 bridgehead atoms. The van der Waals surface area contributed by atoms with Gasteiger partial charge in [-0.1, -0.05) is 52.9 Å². The number of hydrogen-bond acceptors (Lipinski definition) is 1. The van der Waals surface area contributed by atoms with Gasteiger partial charge in [0.1, 0.15) is 0 Å². The van der Waals surface area contributed by atoms with Crippen LogP contribution in [0.5, 0.6) is 0 Å². The molecule has 0 fully saturated rings. The van der Waals surface area contributed by atoms with E-state index in [1.54, 1.807) is 0 Å². The second-order valence-corrected chi connectivity index (χ2v) is 2.78. The first kappa shape index (κ1) is 13.5. The molecule has 0 saturated carbocycles. The van der Waals surface area contributed by atoms with Crippen molar-refractivity contribution in [2.24, 2.45) is 0 Å². The van der Waals surface area contributed by atoms with E-state index in [0.29, 0.717) is 6.61 Å². The zero-order chi connectivity index (χ0) is 8.95. The summed E-state index contributed by atoms with van der Waals surface area (Å²) in [4.78, 5) is 0. The fourth-order valence-corrected chi connectivity index (χ4v) is 0.715. The first-order valence-corrected chi connectivity index (χ1v) is 4.94. The lowest BCUT2D eigenvalue weighted by Gasteiger charge is -1.85. The van der Waals surface area contributed by atoms with Crippen molar-refractivity contribution in [3.8, 4) is 0 Å². The third-order valence-corrected chi connectivity index (χ3v) is 1.47. The van der Waals surface area contributed by atoms with Gasteiger partial charge in [-0.05, 0) is 6.42 Å². The van der Waals surface area contributed by atoms with Crippen LogP contribution in [0.15, 0.2) is 0 Å². The average molecular weight is 161 g/mol. The molecule has 0 saturated heterocycles. The first-order valence-electron chi connectivity index (χ1n) is 4.94. The van der Waals surface area contributed by atoms with Crippen LogP contribution in [-0.4, -0.2) is 11.7 Å². The maximum atomic E-state index is 8.20. The Bertz CT molecular complexity index is 43.1. The average Bonchev–Trinajstić information content (AvgIpc) is 2.04. The van der Waals surface area contributed by atoms with Gasteiger partial charge in [-0.3, -0.25) is 0 Å². The van der Waals surface area contributed by atoms with E-state index >= 15 is 0 Å². The van der Waals surface area contributed by atoms with Crippen LogP contribution in [0, 0.1) is 0 Å². The highest BCUT2D eigenvalue weighted by Gasteiger charge is 1.76. The van der Waals surface area contributed by atoms with Crippen molar-refractivity contribution in [1.82, 2.24) is 0 Å². The van der Waals surface area contributed by atoms with E-state index in [0.717, 1.165) is 12.8 Å². The lowest BCUT2D eigenvalue weighted by atomic mass is 10.3. The molecule has 0 rings (SSSR count). The fourth-order valence-electron chi connectivity index (χ4n) is 0.715. The number of aliphatic hydroxyl groups excluding tert-OH is 1. The summed E-state index contributed by atoms with van der Waals surface area (Å²) < 4.78 is 0. The zero-order valence-electron chi connectivity index (χ0n) is 9.40. The van der Waals surface area contributed by atoms with E-state index in [9.17, 15) is 0 Å². The smallest absolute Gasteiger partial charge is 0.396 e. The number of aliphatic hydroxyl groups is 1. The van der Waals surface area contributed by atoms with E-state index in [-0.39, 0.29) is 1.43 Å². The summed E-state index contributed by atoms with van der Waals surface area (Å²) in [5, 5.41) is 8.20. The maximum Gasteiger partial charge on any atom is 1.00 e. The molecule has 1 N–H and O–H groups in total. The van der Waals surface area contributed by atoms with Crippen LogP contribution in [-0.2, 0) is 0 Å². The van der Waals surface area contributed by atoms with Crippen molar-refractivity contribution in [2.75, 3.05) is 6.61 Å². The molecular formula is C10H25O+. The fraction of sp³-hybridized carbons (Fsp3) is 1.00. The molecule has 1 nitrogen and oxygen atoms in total. The third-order valence-electron chi connectivity index (χ3n) is 1.47. The molecular weight excluding hydrogens is 136 g/mol. The number of rotatable bonds is 5. The molecule has 0 aromatic carbocycles. The highest BCUT2D eigenvalue weighted by atomic mass is 16.2. The summed E-state index contributed by atoms with van der Waals surface area (Å²) >= 11 is 0. The minimum absolute atomic E-state index is 0. The molecule has 0 aliphatic heterocycles. The van der Waals surface area contributed by atoms with Crippen LogP contribution < -0.4 is 0 Å². The first-order chi connectivity index (χ1) is 5.33. The molecule has 0 aliphatic rings. The molecule has 0 aromatic rings. The zero-order valence-corrected chi connectivity index (χ0v) is 8.40. The molecule has 70 valence electrons. The van der Waals surface area contributed by atoms with Crippen LogP contribution in [0.3, 0.4) is 0 Å². The molecule has 0 unspecified atom stereocenters. The van der Waals surface area contributed by atoms with Gasteiger partial charge in [-0.15, -0.1) is 0 Å². The quantitative estimate of drug-likeness (QED) is 0.612. The lowest BCUT2D eigenvalue weighted by Crippen LogP contribution is -1.78. The predicted molar refractivity (Wildman–Crippen MR) is 52.9 cm³/mol. The van der Waals surface area contributed by atoms with Crippen LogP contribution in [0.1, 0.15) is 60.7 Å². The molecule has 0 heterocycles. The highest BCUT2D eigenvalue weighted by molar-refractivity contribution is 4.30. The Kier molecular flexibility index (Phi) is 20.3. The maximum absolute atomic E-state index is 8.20. The van der Waals surface area contributed by atoms with Crippen molar-refractivity contribution < 1.29 is 6.53 Å². The highest BCUT2D eigenvalue weighted by Crippen LogP contribution is 1.89. The third kappa shape index (κ3) is 25.7. The minimum atomic E-state index is 0. The SMILES string of the molecule is CCCCC.CCCCCO.[H+]. The van der Waals surface area contributed by atoms with Gasteiger partial charge in [0.2, 0.25) is 0 Å². The van der Waals surface area contributed by atoms with Gasteiger partial charge >= 0.3 is 1.43 Å². The van der Waals surface area contributed by atoms with Crippen molar-refractivity contribution in [3.05, 3.63) is 0 Å². The van der Waals surface area contributed by atoms with Crippen molar-refractivity contribution >= 4 is 0 Å². The largest absolute Gasteiger partial charge is 1.00 e. The standard InChI is InChI=1S/C5H12O.C5H12/c1-2-3-4-5-6;1-3-5-4-2/h6H,2-5H2,1H3;3-5H2,1-2H3/p+1. The van der Waals surface area contributed by atoms with E-state index in [2.05, 4.69) is 20.8 Å². The normalized spacial score (nSPS) is 8.73. The Morgan fingerprint density at radius 1 is 0.818 bits per heavy atom. The Morgan fingerprint density at radius 3 is 1.36 bits per heavy atom. The predicted octanol–water partition coefficient (Wildman–Crippen LogP) is 3.48. The van der Waals surface area contributed by atoms with Gasteiger partial charge in [0.15, 0.2) is 0 Å². The second kappa shape index (κ2) is 16.5. The topological polar surface area (TPSA) is 20.2 Å².